The Morgan fingerprint density at radius 2 is 2.23 bits per heavy atom. The number of carbonyl (C=O) groups excluding carboxylic acids is 1. The van der Waals surface area contributed by atoms with Gasteiger partial charge in [0.05, 0.1) is 16.6 Å². The van der Waals surface area contributed by atoms with Crippen LogP contribution in [0.15, 0.2) is 40.2 Å². The molecule has 3 aromatic heterocycles. The summed E-state index contributed by atoms with van der Waals surface area (Å²) < 4.78 is 5.42. The Kier molecular flexibility index (Phi) is 5.19. The van der Waals surface area contributed by atoms with E-state index in [-0.39, 0.29) is 23.8 Å². The zero-order chi connectivity index (χ0) is 21.4. The number of hydrogen-bond acceptors (Lipinski definition) is 7. The molecule has 160 valence electrons. The van der Waals surface area contributed by atoms with E-state index >= 15 is 0 Å². The highest BCUT2D eigenvalue weighted by molar-refractivity contribution is 6.30. The molecule has 31 heavy (non-hydrogen) atoms. The number of likely N-dealkylation sites (tertiary alicyclic amines) is 1. The van der Waals surface area contributed by atoms with Crippen LogP contribution in [0.3, 0.4) is 0 Å². The topological polar surface area (TPSA) is 112 Å². The van der Waals surface area contributed by atoms with Crippen LogP contribution < -0.4 is 5.43 Å². The average molecular weight is 440 g/mol. The molecule has 1 amide bonds. The first-order valence-corrected chi connectivity index (χ1v) is 10.7. The van der Waals surface area contributed by atoms with Gasteiger partial charge in [0.1, 0.15) is 5.69 Å². The first-order chi connectivity index (χ1) is 15.1. The molecule has 5 heterocycles. The number of nitrogens with zero attached hydrogens (tertiary/aromatic N) is 5. The molecule has 1 saturated heterocycles. The van der Waals surface area contributed by atoms with Crippen molar-refractivity contribution < 1.29 is 9.32 Å². The second-order valence-electron chi connectivity index (χ2n) is 7.99. The molecule has 0 radical (unpaired) electrons. The number of piperidine rings is 1. The minimum absolute atomic E-state index is 0.00978. The van der Waals surface area contributed by atoms with Gasteiger partial charge < -0.3 is 19.8 Å². The van der Waals surface area contributed by atoms with E-state index in [1.165, 1.54) is 0 Å². The van der Waals surface area contributed by atoms with Crippen LogP contribution in [0, 0.1) is 0 Å². The summed E-state index contributed by atoms with van der Waals surface area (Å²) in [6.45, 7) is 3.31. The van der Waals surface area contributed by atoms with Crippen molar-refractivity contribution in [3.63, 3.8) is 0 Å². The van der Waals surface area contributed by atoms with E-state index in [0.29, 0.717) is 41.1 Å². The van der Waals surface area contributed by atoms with E-state index < -0.39 is 0 Å². The average Bonchev–Trinajstić information content (AvgIpc) is 3.55. The fourth-order valence-electron chi connectivity index (χ4n) is 4.08. The van der Waals surface area contributed by atoms with E-state index in [1.54, 1.807) is 24.5 Å². The normalized spacial score (nSPS) is 23.2. The fraction of sp³-hybridized carbons (Fsp3) is 0.381. The number of rotatable bonds is 4. The highest BCUT2D eigenvalue weighted by Gasteiger charge is 2.33. The number of nitrogens with one attached hydrogen (secondary N) is 2. The summed E-state index contributed by atoms with van der Waals surface area (Å²) in [6.07, 6.45) is 6.93. The minimum atomic E-state index is -0.0105. The molecule has 1 fully saturated rings. The molecule has 2 aliphatic heterocycles. The molecule has 0 aromatic carbocycles. The molecule has 2 aliphatic rings. The number of aromatic nitrogens is 4. The Balaban J connectivity index is 1.34. The SMILES string of the molecule is C[C@@H]1CC[C@H](c2noc(-c3cc(Cl)c[nH]3)n2)CN1C(=O)c1ccnc(C2C=NNC2)c1. The number of H-pyrrole nitrogens is 1. The lowest BCUT2D eigenvalue weighted by atomic mass is 9.92. The third kappa shape index (κ3) is 3.93. The number of hydrogen-bond donors (Lipinski definition) is 2. The molecule has 5 rings (SSSR count). The molecule has 0 aliphatic carbocycles. The van der Waals surface area contributed by atoms with Gasteiger partial charge in [0, 0.05) is 49.2 Å². The van der Waals surface area contributed by atoms with Crippen LogP contribution in [0.1, 0.15) is 53.5 Å². The van der Waals surface area contributed by atoms with Gasteiger partial charge in [0.2, 0.25) is 0 Å². The number of pyridine rings is 1. The van der Waals surface area contributed by atoms with E-state index in [1.807, 2.05) is 17.2 Å². The minimum Gasteiger partial charge on any atom is -0.356 e. The van der Waals surface area contributed by atoms with Crippen LogP contribution >= 0.6 is 11.6 Å². The summed E-state index contributed by atoms with van der Waals surface area (Å²) in [5.41, 5.74) is 5.08. The third-order valence-electron chi connectivity index (χ3n) is 5.89. The van der Waals surface area contributed by atoms with Crippen LogP contribution in [0.2, 0.25) is 5.02 Å². The van der Waals surface area contributed by atoms with E-state index in [9.17, 15) is 4.79 Å². The van der Waals surface area contributed by atoms with Gasteiger partial charge in [-0.3, -0.25) is 9.78 Å². The van der Waals surface area contributed by atoms with Gasteiger partial charge in [-0.1, -0.05) is 16.8 Å². The molecule has 3 atom stereocenters. The number of hydrazone groups is 1. The molecular weight excluding hydrogens is 418 g/mol. The summed E-state index contributed by atoms with van der Waals surface area (Å²) in [5, 5.41) is 8.79. The molecule has 10 heteroatoms. The van der Waals surface area contributed by atoms with Crippen molar-refractivity contribution in [2.75, 3.05) is 13.1 Å². The summed E-state index contributed by atoms with van der Waals surface area (Å²) >= 11 is 5.97. The third-order valence-corrected chi connectivity index (χ3v) is 6.11. The lowest BCUT2D eigenvalue weighted by Crippen LogP contribution is -2.45. The van der Waals surface area contributed by atoms with Crippen LogP contribution in [0.25, 0.3) is 11.6 Å². The molecular formula is C21H22ClN7O2. The van der Waals surface area contributed by atoms with Crippen molar-refractivity contribution in [3.05, 3.63) is 52.7 Å². The van der Waals surface area contributed by atoms with Crippen molar-refractivity contribution in [3.8, 4) is 11.6 Å². The predicted molar refractivity (Wildman–Crippen MR) is 115 cm³/mol. The van der Waals surface area contributed by atoms with Crippen molar-refractivity contribution in [2.24, 2.45) is 5.10 Å². The van der Waals surface area contributed by atoms with Crippen LogP contribution in [0.4, 0.5) is 0 Å². The van der Waals surface area contributed by atoms with Gasteiger partial charge in [-0.2, -0.15) is 10.1 Å². The quantitative estimate of drug-likeness (QED) is 0.645. The van der Waals surface area contributed by atoms with Gasteiger partial charge in [0.25, 0.3) is 11.8 Å². The maximum absolute atomic E-state index is 13.3. The largest absolute Gasteiger partial charge is 0.356 e. The van der Waals surface area contributed by atoms with E-state index in [0.717, 1.165) is 18.5 Å². The molecule has 2 N–H and O–H groups in total. The zero-order valence-corrected chi connectivity index (χ0v) is 17.7. The first kappa shape index (κ1) is 19.7. The number of carbonyl (C=O) groups is 1. The van der Waals surface area contributed by atoms with Crippen molar-refractivity contribution >= 4 is 23.7 Å². The summed E-state index contributed by atoms with van der Waals surface area (Å²) in [7, 11) is 0. The van der Waals surface area contributed by atoms with Crippen molar-refractivity contribution in [2.45, 2.75) is 37.6 Å². The maximum Gasteiger partial charge on any atom is 0.274 e. The van der Waals surface area contributed by atoms with Crippen LogP contribution in [0.5, 0.6) is 0 Å². The fourth-order valence-corrected chi connectivity index (χ4v) is 4.24. The second kappa shape index (κ2) is 8.14. The Morgan fingerprint density at radius 3 is 3.00 bits per heavy atom. The Labute approximate surface area is 183 Å². The Morgan fingerprint density at radius 1 is 1.32 bits per heavy atom. The van der Waals surface area contributed by atoms with Gasteiger partial charge in [-0.05, 0) is 38.0 Å². The Bertz CT molecular complexity index is 1120. The standard InChI is InChI=1S/C21H22ClN7O2/c1-12-2-3-14(19-27-20(31-28-19)18-7-16(22)10-24-18)11-29(12)21(30)13-4-5-23-17(6-13)15-8-25-26-9-15/h4-8,10,12,14-15,24,26H,2-3,9,11H2,1H3/t12-,14+,15?/m1/s1. The molecule has 0 spiro atoms. The summed E-state index contributed by atoms with van der Waals surface area (Å²) in [6, 6.07) is 5.50. The highest BCUT2D eigenvalue weighted by Crippen LogP contribution is 2.31. The van der Waals surface area contributed by atoms with Gasteiger partial charge in [-0.25, -0.2) is 0 Å². The molecule has 1 unspecified atom stereocenters. The number of halogens is 1. The van der Waals surface area contributed by atoms with Gasteiger partial charge in [-0.15, -0.1) is 0 Å². The summed E-state index contributed by atoms with van der Waals surface area (Å²) in [5.74, 6) is 1.08. The monoisotopic (exact) mass is 439 g/mol. The van der Waals surface area contributed by atoms with Crippen molar-refractivity contribution in [1.29, 1.82) is 0 Å². The molecule has 0 saturated carbocycles. The predicted octanol–water partition coefficient (Wildman–Crippen LogP) is 3.19. The van der Waals surface area contributed by atoms with Gasteiger partial charge in [0.15, 0.2) is 5.82 Å². The van der Waals surface area contributed by atoms with E-state index in [4.69, 9.17) is 16.1 Å². The number of aromatic amines is 1. The van der Waals surface area contributed by atoms with Crippen LogP contribution in [-0.4, -0.2) is 56.3 Å². The number of amides is 1. The van der Waals surface area contributed by atoms with Gasteiger partial charge >= 0.3 is 0 Å². The molecule has 9 nitrogen and oxygen atoms in total. The second-order valence-corrected chi connectivity index (χ2v) is 8.42. The van der Waals surface area contributed by atoms with Crippen LogP contribution in [-0.2, 0) is 0 Å². The maximum atomic E-state index is 13.3. The molecule has 3 aromatic rings. The lowest BCUT2D eigenvalue weighted by Gasteiger charge is -2.37. The zero-order valence-electron chi connectivity index (χ0n) is 17.0. The van der Waals surface area contributed by atoms with Crippen molar-refractivity contribution in [1.82, 2.24) is 30.4 Å². The highest BCUT2D eigenvalue weighted by atomic mass is 35.5. The lowest BCUT2D eigenvalue weighted by molar-refractivity contribution is 0.0604. The molecule has 0 bridgehead atoms. The first-order valence-electron chi connectivity index (χ1n) is 10.3. The van der Waals surface area contributed by atoms with E-state index in [2.05, 4.69) is 37.6 Å². The summed E-state index contributed by atoms with van der Waals surface area (Å²) in [4.78, 5) is 27.2. The Hall–Kier alpha value is -3.20. The smallest absolute Gasteiger partial charge is 0.274 e.